The van der Waals surface area contributed by atoms with E-state index in [2.05, 4.69) is 10.3 Å². The molecule has 1 fully saturated rings. The number of carbonyl (C=O) groups excluding carboxylic acids is 2. The summed E-state index contributed by atoms with van der Waals surface area (Å²) < 4.78 is 0. The number of fused-ring (bicyclic) bond motifs is 1. The van der Waals surface area contributed by atoms with Crippen LogP contribution in [0, 0.1) is 0 Å². The lowest BCUT2D eigenvalue weighted by Crippen LogP contribution is -2.69. The zero-order valence-corrected chi connectivity index (χ0v) is 13.9. The van der Waals surface area contributed by atoms with Crippen LogP contribution in [0.2, 0.25) is 0 Å². The molecule has 0 bridgehead atoms. The summed E-state index contributed by atoms with van der Waals surface area (Å²) in [5.74, 6) is -1.08. The van der Waals surface area contributed by atoms with Gasteiger partial charge < -0.3 is 10.4 Å². The van der Waals surface area contributed by atoms with Crippen LogP contribution in [0.5, 0.6) is 0 Å². The van der Waals surface area contributed by atoms with Crippen LogP contribution in [-0.2, 0) is 14.4 Å². The molecule has 24 heavy (non-hydrogen) atoms. The molecule has 2 aliphatic rings. The quantitative estimate of drug-likeness (QED) is 0.577. The highest BCUT2D eigenvalue weighted by Gasteiger charge is 2.53. The van der Waals surface area contributed by atoms with Gasteiger partial charge in [-0.1, -0.05) is 17.8 Å². The van der Waals surface area contributed by atoms with Crippen molar-refractivity contribution in [3.05, 3.63) is 46.1 Å². The Balaban J connectivity index is 1.78. The Kier molecular flexibility index (Phi) is 4.91. The second-order valence-electron chi connectivity index (χ2n) is 4.92. The predicted octanol–water partition coefficient (Wildman–Crippen LogP) is 1.11. The lowest BCUT2D eigenvalue weighted by Gasteiger charge is -2.48. The van der Waals surface area contributed by atoms with Crippen molar-refractivity contribution in [3.8, 4) is 0 Å². The molecule has 1 unspecified atom stereocenters. The van der Waals surface area contributed by atoms with Crippen LogP contribution < -0.4 is 5.32 Å². The number of β-lactam (4-membered cyclic amide) rings is 1. The first kappa shape index (κ1) is 16.6. The van der Waals surface area contributed by atoms with Crippen molar-refractivity contribution in [1.82, 2.24) is 15.2 Å². The van der Waals surface area contributed by atoms with E-state index in [1.807, 2.05) is 18.2 Å². The van der Waals surface area contributed by atoms with Gasteiger partial charge in [0.25, 0.3) is 5.91 Å². The number of hydrogen-bond acceptors (Lipinski definition) is 6. The number of pyridine rings is 1. The fourth-order valence-electron chi connectivity index (χ4n) is 2.44. The number of aromatic nitrogens is 1. The fourth-order valence-corrected chi connectivity index (χ4v) is 4.79. The number of nitrogens with zero attached hydrogens (tertiary/aromatic N) is 2. The van der Waals surface area contributed by atoms with Crippen LogP contribution in [0.1, 0.15) is 5.69 Å². The Labute approximate surface area is 146 Å². The molecular formula is C15H13N3O4S2. The molecule has 7 nitrogen and oxygen atoms in total. The number of carboxylic acid groups (broad SMARTS) is 1. The molecule has 3 heterocycles. The SMILES string of the molecule is O=CNC1C(=O)N2C(C(=O)O)=C(S/C=C\c3ccccn3)CS[C@H]12. The van der Waals surface area contributed by atoms with E-state index in [1.54, 1.807) is 17.7 Å². The van der Waals surface area contributed by atoms with Crippen molar-refractivity contribution in [2.45, 2.75) is 11.4 Å². The van der Waals surface area contributed by atoms with Gasteiger partial charge in [-0.15, -0.1) is 11.8 Å². The zero-order chi connectivity index (χ0) is 17.1. The molecule has 1 aromatic rings. The average molecular weight is 363 g/mol. The zero-order valence-electron chi connectivity index (χ0n) is 12.3. The third-order valence-electron chi connectivity index (χ3n) is 3.52. The lowest BCUT2D eigenvalue weighted by atomic mass is 10.1. The molecule has 3 rings (SSSR count). The Morgan fingerprint density at radius 1 is 1.50 bits per heavy atom. The van der Waals surface area contributed by atoms with Gasteiger partial charge in [-0.25, -0.2) is 4.79 Å². The van der Waals surface area contributed by atoms with Crippen LogP contribution in [0.25, 0.3) is 6.08 Å². The molecule has 0 saturated carbocycles. The van der Waals surface area contributed by atoms with Gasteiger partial charge in [0.15, 0.2) is 0 Å². The highest BCUT2D eigenvalue weighted by atomic mass is 32.2. The van der Waals surface area contributed by atoms with Gasteiger partial charge in [0.05, 0.1) is 5.69 Å². The van der Waals surface area contributed by atoms with Crippen molar-refractivity contribution in [1.29, 1.82) is 0 Å². The summed E-state index contributed by atoms with van der Waals surface area (Å²) in [4.78, 5) is 40.2. The second-order valence-corrected chi connectivity index (χ2v) is 7.03. The summed E-state index contributed by atoms with van der Waals surface area (Å²) in [6.45, 7) is 0. The molecule has 2 atom stereocenters. The summed E-state index contributed by atoms with van der Waals surface area (Å²) in [6, 6.07) is 4.85. The molecule has 0 aromatic carbocycles. The molecule has 0 radical (unpaired) electrons. The summed E-state index contributed by atoms with van der Waals surface area (Å²) in [7, 11) is 0. The molecular weight excluding hydrogens is 350 g/mol. The summed E-state index contributed by atoms with van der Waals surface area (Å²) in [6.07, 6.45) is 3.92. The first-order valence-electron chi connectivity index (χ1n) is 6.98. The molecule has 1 aromatic heterocycles. The van der Waals surface area contributed by atoms with Gasteiger partial charge in [0.1, 0.15) is 17.1 Å². The first-order chi connectivity index (χ1) is 11.6. The standard InChI is InChI=1S/C15H13N3O4S2/c19-8-17-11-13(20)18-12(15(21)22)10(7-24-14(11)18)23-6-4-9-3-1-2-5-16-9/h1-6,8,11,14H,7H2,(H,17,19)(H,21,22)/b6-4-/t11?,14-/m1/s1. The largest absolute Gasteiger partial charge is 0.477 e. The van der Waals surface area contributed by atoms with E-state index in [9.17, 15) is 19.5 Å². The number of rotatable bonds is 6. The molecule has 124 valence electrons. The summed E-state index contributed by atoms with van der Waals surface area (Å²) in [5.41, 5.74) is 0.752. The van der Waals surface area contributed by atoms with Gasteiger partial charge in [-0.2, -0.15) is 0 Å². The predicted molar refractivity (Wildman–Crippen MR) is 91.6 cm³/mol. The minimum absolute atomic E-state index is 0.0108. The van der Waals surface area contributed by atoms with Gasteiger partial charge in [0, 0.05) is 16.9 Å². The Morgan fingerprint density at radius 2 is 2.33 bits per heavy atom. The molecule has 0 aliphatic carbocycles. The number of carboxylic acids is 1. The average Bonchev–Trinajstić information content (AvgIpc) is 2.59. The molecule has 2 amide bonds. The molecule has 2 N–H and O–H groups in total. The maximum absolute atomic E-state index is 12.1. The minimum Gasteiger partial charge on any atom is -0.477 e. The Hall–Kier alpha value is -2.26. The van der Waals surface area contributed by atoms with Gasteiger partial charge in [-0.3, -0.25) is 19.5 Å². The van der Waals surface area contributed by atoms with E-state index in [4.69, 9.17) is 0 Å². The number of carbonyl (C=O) groups is 3. The maximum atomic E-state index is 12.1. The van der Waals surface area contributed by atoms with Gasteiger partial charge in [0.2, 0.25) is 6.41 Å². The van der Waals surface area contributed by atoms with Crippen LogP contribution in [0.4, 0.5) is 0 Å². The molecule has 9 heteroatoms. The van der Waals surface area contributed by atoms with E-state index in [-0.39, 0.29) is 11.1 Å². The maximum Gasteiger partial charge on any atom is 0.353 e. The monoisotopic (exact) mass is 363 g/mol. The normalized spacial score (nSPS) is 23.0. The van der Waals surface area contributed by atoms with Crippen molar-refractivity contribution in [2.24, 2.45) is 0 Å². The number of amides is 2. The highest BCUT2D eigenvalue weighted by Crippen LogP contribution is 2.43. The van der Waals surface area contributed by atoms with Gasteiger partial charge >= 0.3 is 5.97 Å². The molecule has 1 saturated heterocycles. The number of hydrogen-bond donors (Lipinski definition) is 2. The van der Waals surface area contributed by atoms with Gasteiger partial charge in [-0.05, 0) is 23.6 Å². The molecule has 0 spiro atoms. The summed E-state index contributed by atoms with van der Waals surface area (Å²) in [5, 5.41) is 13.3. The second kappa shape index (κ2) is 7.10. The topological polar surface area (TPSA) is 99.6 Å². The first-order valence-corrected chi connectivity index (χ1v) is 8.91. The van der Waals surface area contributed by atoms with Crippen LogP contribution in [0.15, 0.2) is 40.4 Å². The van der Waals surface area contributed by atoms with E-state index in [0.717, 1.165) is 5.69 Å². The Morgan fingerprint density at radius 3 is 3.00 bits per heavy atom. The van der Waals surface area contributed by atoms with Crippen molar-refractivity contribution < 1.29 is 19.5 Å². The van der Waals surface area contributed by atoms with Crippen LogP contribution in [-0.4, -0.2) is 50.4 Å². The van der Waals surface area contributed by atoms with Crippen molar-refractivity contribution >= 4 is 47.9 Å². The van der Waals surface area contributed by atoms with E-state index < -0.39 is 17.9 Å². The van der Waals surface area contributed by atoms with E-state index in [1.165, 1.54) is 28.4 Å². The van der Waals surface area contributed by atoms with Crippen LogP contribution >= 0.6 is 23.5 Å². The number of nitrogens with one attached hydrogen (secondary N) is 1. The molecule has 2 aliphatic heterocycles. The number of aliphatic carboxylic acids is 1. The van der Waals surface area contributed by atoms with Crippen molar-refractivity contribution in [3.63, 3.8) is 0 Å². The minimum atomic E-state index is -1.15. The number of thioether (sulfide) groups is 2. The summed E-state index contributed by atoms with van der Waals surface area (Å²) >= 11 is 2.69. The van der Waals surface area contributed by atoms with Crippen LogP contribution in [0.3, 0.4) is 0 Å². The van der Waals surface area contributed by atoms with E-state index >= 15 is 0 Å². The van der Waals surface area contributed by atoms with Crippen molar-refractivity contribution in [2.75, 3.05) is 5.75 Å². The fraction of sp³-hybridized carbons (Fsp3) is 0.200. The van der Waals surface area contributed by atoms with E-state index in [0.29, 0.717) is 17.1 Å². The lowest BCUT2D eigenvalue weighted by molar-refractivity contribution is -0.149. The smallest absolute Gasteiger partial charge is 0.353 e. The Bertz CT molecular complexity index is 735. The highest BCUT2D eigenvalue weighted by molar-refractivity contribution is 8.08. The third-order valence-corrected chi connectivity index (χ3v) is 5.88. The third kappa shape index (κ3) is 3.04.